The molecule has 1 heterocycles. The topological polar surface area (TPSA) is 36.4 Å². The van der Waals surface area contributed by atoms with E-state index in [-0.39, 0.29) is 24.0 Å². The molecule has 0 bridgehead atoms. The molecular formula is C16H20IN3S. The first-order valence-corrected chi connectivity index (χ1v) is 7.84. The fraction of sp³-hybridized carbons (Fsp3) is 0.312. The van der Waals surface area contributed by atoms with Crippen LogP contribution in [0.5, 0.6) is 0 Å². The van der Waals surface area contributed by atoms with Crippen molar-refractivity contribution >= 4 is 41.3 Å². The van der Waals surface area contributed by atoms with Crippen molar-refractivity contribution in [1.29, 1.82) is 0 Å². The van der Waals surface area contributed by atoms with E-state index in [9.17, 15) is 0 Å². The summed E-state index contributed by atoms with van der Waals surface area (Å²) in [5.41, 5.74) is 4.26. The standard InChI is InChI=1S/C16H19N3S.HI/c1-17-16(18-9-12-6-7-20-11-12)19-10-14-8-13-4-2-3-5-15(13)14;/h2-7,11,14H,8-10H2,1H3,(H2,17,18,19);1H. The average Bonchev–Trinajstić information content (AvgIpc) is 2.96. The molecular weight excluding hydrogens is 393 g/mol. The number of thiophene rings is 1. The predicted molar refractivity (Wildman–Crippen MR) is 101 cm³/mol. The Morgan fingerprint density at radius 2 is 2.14 bits per heavy atom. The summed E-state index contributed by atoms with van der Waals surface area (Å²) < 4.78 is 0. The Morgan fingerprint density at radius 1 is 1.29 bits per heavy atom. The molecule has 112 valence electrons. The molecule has 1 atom stereocenters. The normalized spacial score (nSPS) is 16.4. The molecule has 0 fully saturated rings. The number of nitrogens with one attached hydrogen (secondary N) is 2. The van der Waals surface area contributed by atoms with Gasteiger partial charge in [-0.1, -0.05) is 24.3 Å². The molecule has 1 aliphatic rings. The molecule has 2 N–H and O–H groups in total. The van der Waals surface area contributed by atoms with Gasteiger partial charge in [0.15, 0.2) is 5.96 Å². The second-order valence-corrected chi connectivity index (χ2v) is 5.82. The monoisotopic (exact) mass is 413 g/mol. The first-order chi connectivity index (χ1) is 9.86. The maximum Gasteiger partial charge on any atom is 0.191 e. The molecule has 2 aromatic rings. The van der Waals surface area contributed by atoms with Crippen molar-refractivity contribution in [3.8, 4) is 0 Å². The van der Waals surface area contributed by atoms with E-state index in [4.69, 9.17) is 0 Å². The van der Waals surface area contributed by atoms with Gasteiger partial charge >= 0.3 is 0 Å². The van der Waals surface area contributed by atoms with Gasteiger partial charge in [0.1, 0.15) is 0 Å². The van der Waals surface area contributed by atoms with Crippen molar-refractivity contribution < 1.29 is 0 Å². The molecule has 1 aliphatic carbocycles. The summed E-state index contributed by atoms with van der Waals surface area (Å²) in [5, 5.41) is 11.0. The van der Waals surface area contributed by atoms with Gasteiger partial charge in [-0.15, -0.1) is 24.0 Å². The molecule has 3 rings (SSSR count). The molecule has 1 unspecified atom stereocenters. The van der Waals surface area contributed by atoms with Gasteiger partial charge in [0.25, 0.3) is 0 Å². The van der Waals surface area contributed by atoms with Crippen LogP contribution in [0.3, 0.4) is 0 Å². The van der Waals surface area contributed by atoms with Gasteiger partial charge < -0.3 is 10.6 Å². The molecule has 0 aliphatic heterocycles. The van der Waals surface area contributed by atoms with Crippen LogP contribution in [0.2, 0.25) is 0 Å². The maximum absolute atomic E-state index is 4.27. The van der Waals surface area contributed by atoms with E-state index in [1.165, 1.54) is 23.1 Å². The van der Waals surface area contributed by atoms with Crippen LogP contribution in [0, 0.1) is 0 Å². The Morgan fingerprint density at radius 3 is 2.86 bits per heavy atom. The van der Waals surface area contributed by atoms with Gasteiger partial charge in [0, 0.05) is 26.1 Å². The summed E-state index contributed by atoms with van der Waals surface area (Å²) in [6.45, 7) is 1.77. The van der Waals surface area contributed by atoms with Crippen molar-refractivity contribution in [1.82, 2.24) is 10.6 Å². The van der Waals surface area contributed by atoms with Gasteiger partial charge in [-0.3, -0.25) is 4.99 Å². The van der Waals surface area contributed by atoms with Crippen LogP contribution in [0.1, 0.15) is 22.6 Å². The zero-order chi connectivity index (χ0) is 13.8. The lowest BCUT2D eigenvalue weighted by molar-refractivity contribution is 0.584. The number of guanidine groups is 1. The quantitative estimate of drug-likeness (QED) is 0.458. The van der Waals surface area contributed by atoms with Crippen molar-refractivity contribution in [2.75, 3.05) is 13.6 Å². The Kier molecular flexibility index (Phi) is 6.05. The SMILES string of the molecule is CN=C(NCc1ccsc1)NCC1Cc2ccccc21.I. The first-order valence-electron chi connectivity index (χ1n) is 6.90. The number of hydrogen-bond donors (Lipinski definition) is 2. The van der Waals surface area contributed by atoms with Gasteiger partial charge in [0.05, 0.1) is 0 Å². The Bertz CT molecular complexity index is 595. The van der Waals surface area contributed by atoms with E-state index in [0.29, 0.717) is 5.92 Å². The van der Waals surface area contributed by atoms with Gasteiger partial charge in [-0.25, -0.2) is 0 Å². The van der Waals surface area contributed by atoms with Crippen LogP contribution in [-0.4, -0.2) is 19.6 Å². The third kappa shape index (κ3) is 3.97. The largest absolute Gasteiger partial charge is 0.356 e. The van der Waals surface area contributed by atoms with E-state index in [1.54, 1.807) is 11.3 Å². The zero-order valence-corrected chi connectivity index (χ0v) is 15.2. The van der Waals surface area contributed by atoms with E-state index in [0.717, 1.165) is 19.0 Å². The van der Waals surface area contributed by atoms with Crippen molar-refractivity contribution in [3.63, 3.8) is 0 Å². The number of nitrogens with zero attached hydrogens (tertiary/aromatic N) is 1. The fourth-order valence-electron chi connectivity index (χ4n) is 2.56. The number of rotatable bonds is 4. The third-order valence-corrected chi connectivity index (χ3v) is 4.47. The van der Waals surface area contributed by atoms with E-state index < -0.39 is 0 Å². The summed E-state index contributed by atoms with van der Waals surface area (Å²) >= 11 is 1.72. The molecule has 1 aromatic heterocycles. The van der Waals surface area contributed by atoms with E-state index in [2.05, 4.69) is 56.7 Å². The molecule has 0 spiro atoms. The smallest absolute Gasteiger partial charge is 0.191 e. The number of benzene rings is 1. The molecule has 0 saturated heterocycles. The first kappa shape index (κ1) is 16.3. The van der Waals surface area contributed by atoms with Crippen molar-refractivity contribution in [2.24, 2.45) is 4.99 Å². The number of aliphatic imine (C=N–C) groups is 1. The number of fused-ring (bicyclic) bond motifs is 1. The van der Waals surface area contributed by atoms with E-state index in [1.807, 2.05) is 7.05 Å². The van der Waals surface area contributed by atoms with Crippen LogP contribution in [-0.2, 0) is 13.0 Å². The van der Waals surface area contributed by atoms with Crippen LogP contribution in [0.25, 0.3) is 0 Å². The van der Waals surface area contributed by atoms with Gasteiger partial charge in [-0.2, -0.15) is 11.3 Å². The van der Waals surface area contributed by atoms with Crippen LogP contribution >= 0.6 is 35.3 Å². The highest BCUT2D eigenvalue weighted by Crippen LogP contribution is 2.33. The summed E-state index contributed by atoms with van der Waals surface area (Å²) in [6, 6.07) is 10.8. The summed E-state index contributed by atoms with van der Waals surface area (Å²) in [4.78, 5) is 4.27. The Labute approximate surface area is 146 Å². The summed E-state index contributed by atoms with van der Waals surface area (Å²) in [5.74, 6) is 1.49. The lowest BCUT2D eigenvalue weighted by Crippen LogP contribution is -2.40. The zero-order valence-electron chi connectivity index (χ0n) is 12.0. The molecule has 1 aromatic carbocycles. The average molecular weight is 413 g/mol. The molecule has 0 saturated carbocycles. The highest BCUT2D eigenvalue weighted by Gasteiger charge is 2.25. The van der Waals surface area contributed by atoms with Crippen LogP contribution in [0.4, 0.5) is 0 Å². The molecule has 0 amide bonds. The van der Waals surface area contributed by atoms with Gasteiger partial charge in [0.2, 0.25) is 0 Å². The van der Waals surface area contributed by atoms with Crippen LogP contribution < -0.4 is 10.6 Å². The predicted octanol–water partition coefficient (Wildman–Crippen LogP) is 3.37. The van der Waals surface area contributed by atoms with Crippen LogP contribution in [0.15, 0.2) is 46.1 Å². The molecule has 21 heavy (non-hydrogen) atoms. The summed E-state index contributed by atoms with van der Waals surface area (Å²) in [7, 11) is 1.82. The minimum atomic E-state index is 0. The van der Waals surface area contributed by atoms with Crippen molar-refractivity contribution in [2.45, 2.75) is 18.9 Å². The molecule has 5 heteroatoms. The number of halogens is 1. The minimum absolute atomic E-state index is 0. The lowest BCUT2D eigenvalue weighted by atomic mass is 9.78. The van der Waals surface area contributed by atoms with Gasteiger partial charge in [-0.05, 0) is 39.9 Å². The minimum Gasteiger partial charge on any atom is -0.356 e. The second kappa shape index (κ2) is 7.79. The lowest BCUT2D eigenvalue weighted by Gasteiger charge is -2.30. The summed E-state index contributed by atoms with van der Waals surface area (Å²) in [6.07, 6.45) is 1.17. The van der Waals surface area contributed by atoms with Crippen molar-refractivity contribution in [3.05, 3.63) is 57.8 Å². The molecule has 3 nitrogen and oxygen atoms in total. The number of hydrogen-bond acceptors (Lipinski definition) is 2. The second-order valence-electron chi connectivity index (χ2n) is 5.04. The highest BCUT2D eigenvalue weighted by molar-refractivity contribution is 14.0. The van der Waals surface area contributed by atoms with E-state index >= 15 is 0 Å². The maximum atomic E-state index is 4.27. The molecule has 0 radical (unpaired) electrons. The Hall–Kier alpha value is -1.08. The third-order valence-electron chi connectivity index (χ3n) is 3.74. The Balaban J connectivity index is 0.00000161. The fourth-order valence-corrected chi connectivity index (χ4v) is 3.23. The highest BCUT2D eigenvalue weighted by atomic mass is 127.